The number of carbonyl (C=O) groups is 2. The highest BCUT2D eigenvalue weighted by molar-refractivity contribution is 5.81. The van der Waals surface area contributed by atoms with Crippen LogP contribution in [0.15, 0.2) is 0 Å². The summed E-state index contributed by atoms with van der Waals surface area (Å²) < 4.78 is 10.7. The molecule has 0 radical (unpaired) electrons. The lowest BCUT2D eigenvalue weighted by Gasteiger charge is -2.33. The van der Waals surface area contributed by atoms with Crippen LogP contribution in [0.1, 0.15) is 26.7 Å². The summed E-state index contributed by atoms with van der Waals surface area (Å²) in [7, 11) is 0. The highest BCUT2D eigenvalue weighted by Crippen LogP contribution is 2.27. The fraction of sp³-hybridized carbons (Fsp3) is 0.857. The van der Waals surface area contributed by atoms with Gasteiger partial charge in [-0.15, -0.1) is 0 Å². The van der Waals surface area contributed by atoms with Gasteiger partial charge in [0.25, 0.3) is 0 Å². The molecule has 2 heterocycles. The van der Waals surface area contributed by atoms with E-state index in [2.05, 4.69) is 0 Å². The van der Waals surface area contributed by atoms with Gasteiger partial charge in [0.15, 0.2) is 0 Å². The number of hydrogen-bond acceptors (Lipinski definition) is 4. The fourth-order valence-electron chi connectivity index (χ4n) is 3.04. The molecule has 2 saturated heterocycles. The standard InChI is InChI=1S/C14H23NO5/c1-3-5-15(12-8-19-7-11(12)14(17)18)13(16)10-4-6-20-9(10)2/h9-12H,3-8H2,1-2H3,(H,17,18). The maximum absolute atomic E-state index is 12.7. The number of hydrogen-bond donors (Lipinski definition) is 1. The first-order valence-corrected chi connectivity index (χ1v) is 7.28. The van der Waals surface area contributed by atoms with E-state index in [1.807, 2.05) is 13.8 Å². The number of carbonyl (C=O) groups excluding carboxylic acids is 1. The molecule has 0 aromatic heterocycles. The third-order valence-electron chi connectivity index (χ3n) is 4.21. The molecule has 2 rings (SSSR count). The summed E-state index contributed by atoms with van der Waals surface area (Å²) in [5.74, 6) is -1.66. The summed E-state index contributed by atoms with van der Waals surface area (Å²) in [5, 5.41) is 9.26. The van der Waals surface area contributed by atoms with Gasteiger partial charge >= 0.3 is 5.97 Å². The van der Waals surface area contributed by atoms with Crippen molar-refractivity contribution >= 4 is 11.9 Å². The van der Waals surface area contributed by atoms with E-state index in [9.17, 15) is 14.7 Å². The predicted molar refractivity (Wildman–Crippen MR) is 71.3 cm³/mol. The van der Waals surface area contributed by atoms with Gasteiger partial charge in [0.05, 0.1) is 31.3 Å². The first-order chi connectivity index (χ1) is 9.56. The molecule has 2 fully saturated rings. The van der Waals surface area contributed by atoms with Gasteiger partial charge in [0.1, 0.15) is 5.92 Å². The van der Waals surface area contributed by atoms with Crippen molar-refractivity contribution in [2.75, 3.05) is 26.4 Å². The molecule has 20 heavy (non-hydrogen) atoms. The van der Waals surface area contributed by atoms with Gasteiger partial charge in [-0.1, -0.05) is 6.92 Å². The van der Waals surface area contributed by atoms with Crippen molar-refractivity contribution in [1.29, 1.82) is 0 Å². The van der Waals surface area contributed by atoms with Crippen LogP contribution in [0.25, 0.3) is 0 Å². The smallest absolute Gasteiger partial charge is 0.311 e. The van der Waals surface area contributed by atoms with Crippen LogP contribution in [0.3, 0.4) is 0 Å². The topological polar surface area (TPSA) is 76.1 Å². The first kappa shape index (κ1) is 15.3. The number of amides is 1. The summed E-state index contributed by atoms with van der Waals surface area (Å²) in [5.41, 5.74) is 0. The van der Waals surface area contributed by atoms with Crippen molar-refractivity contribution in [3.63, 3.8) is 0 Å². The SMILES string of the molecule is CCCN(C(=O)C1CCOC1C)C1COCC1C(=O)O. The highest BCUT2D eigenvalue weighted by atomic mass is 16.5. The minimum atomic E-state index is -0.892. The van der Waals surface area contributed by atoms with Gasteiger partial charge in [-0.05, 0) is 19.8 Å². The zero-order chi connectivity index (χ0) is 14.7. The Balaban J connectivity index is 2.13. The van der Waals surface area contributed by atoms with Gasteiger partial charge < -0.3 is 19.5 Å². The Hall–Kier alpha value is -1.14. The predicted octanol–water partition coefficient (Wildman–Crippen LogP) is 0.750. The lowest BCUT2D eigenvalue weighted by atomic mass is 9.96. The Kier molecular flexibility index (Phi) is 4.99. The molecule has 2 aliphatic heterocycles. The lowest BCUT2D eigenvalue weighted by molar-refractivity contribution is -0.146. The molecule has 4 unspecified atom stereocenters. The number of ether oxygens (including phenoxy) is 2. The molecule has 4 atom stereocenters. The second-order valence-electron chi connectivity index (χ2n) is 5.55. The molecule has 0 bridgehead atoms. The molecule has 0 saturated carbocycles. The Labute approximate surface area is 119 Å². The minimum absolute atomic E-state index is 0.0126. The zero-order valence-electron chi connectivity index (χ0n) is 12.1. The molecule has 0 aromatic rings. The number of carboxylic acid groups (broad SMARTS) is 1. The largest absolute Gasteiger partial charge is 0.481 e. The minimum Gasteiger partial charge on any atom is -0.481 e. The Morgan fingerprint density at radius 3 is 2.60 bits per heavy atom. The molecular weight excluding hydrogens is 262 g/mol. The van der Waals surface area contributed by atoms with E-state index in [0.717, 1.165) is 6.42 Å². The van der Waals surface area contributed by atoms with E-state index in [4.69, 9.17) is 9.47 Å². The second kappa shape index (κ2) is 6.54. The Morgan fingerprint density at radius 1 is 1.30 bits per heavy atom. The van der Waals surface area contributed by atoms with E-state index in [-0.39, 0.29) is 30.6 Å². The van der Waals surface area contributed by atoms with E-state index < -0.39 is 11.9 Å². The molecule has 6 heteroatoms. The van der Waals surface area contributed by atoms with Gasteiger partial charge in [-0.25, -0.2) is 0 Å². The third-order valence-corrected chi connectivity index (χ3v) is 4.21. The van der Waals surface area contributed by atoms with Crippen LogP contribution in [0.2, 0.25) is 0 Å². The van der Waals surface area contributed by atoms with Crippen LogP contribution in [0.5, 0.6) is 0 Å². The van der Waals surface area contributed by atoms with E-state index in [1.54, 1.807) is 4.90 Å². The summed E-state index contributed by atoms with van der Waals surface area (Å²) in [6, 6.07) is -0.354. The Morgan fingerprint density at radius 2 is 2.05 bits per heavy atom. The molecule has 0 aromatic carbocycles. The summed E-state index contributed by atoms with van der Waals surface area (Å²) in [6.45, 7) is 5.55. The lowest BCUT2D eigenvalue weighted by Crippen LogP contribution is -2.50. The molecule has 0 aliphatic carbocycles. The molecule has 6 nitrogen and oxygen atoms in total. The normalized spacial score (nSPS) is 33.3. The second-order valence-corrected chi connectivity index (χ2v) is 5.55. The highest BCUT2D eigenvalue weighted by Gasteiger charge is 2.43. The van der Waals surface area contributed by atoms with Gasteiger partial charge in [0.2, 0.25) is 5.91 Å². The Bertz CT molecular complexity index is 373. The van der Waals surface area contributed by atoms with Crippen LogP contribution in [0, 0.1) is 11.8 Å². The van der Waals surface area contributed by atoms with Crippen LogP contribution in [-0.2, 0) is 19.1 Å². The van der Waals surface area contributed by atoms with E-state index >= 15 is 0 Å². The maximum Gasteiger partial charge on any atom is 0.311 e. The molecular formula is C14H23NO5. The first-order valence-electron chi connectivity index (χ1n) is 7.28. The number of aliphatic carboxylic acids is 1. The molecule has 114 valence electrons. The van der Waals surface area contributed by atoms with Crippen LogP contribution in [0.4, 0.5) is 0 Å². The number of nitrogens with zero attached hydrogens (tertiary/aromatic N) is 1. The maximum atomic E-state index is 12.7. The van der Waals surface area contributed by atoms with Crippen molar-refractivity contribution < 1.29 is 24.2 Å². The van der Waals surface area contributed by atoms with Gasteiger partial charge in [0, 0.05) is 13.2 Å². The van der Waals surface area contributed by atoms with E-state index in [0.29, 0.717) is 26.2 Å². The number of carboxylic acids is 1. The quantitative estimate of drug-likeness (QED) is 0.806. The van der Waals surface area contributed by atoms with Gasteiger partial charge in [-0.2, -0.15) is 0 Å². The molecule has 1 amide bonds. The van der Waals surface area contributed by atoms with Crippen molar-refractivity contribution in [2.24, 2.45) is 11.8 Å². The summed E-state index contributed by atoms with van der Waals surface area (Å²) in [6.07, 6.45) is 1.43. The number of rotatable bonds is 5. The summed E-state index contributed by atoms with van der Waals surface area (Å²) in [4.78, 5) is 25.7. The van der Waals surface area contributed by atoms with Crippen molar-refractivity contribution in [2.45, 2.75) is 38.8 Å². The van der Waals surface area contributed by atoms with Crippen molar-refractivity contribution in [1.82, 2.24) is 4.90 Å². The average Bonchev–Trinajstić information content (AvgIpc) is 3.03. The van der Waals surface area contributed by atoms with Crippen LogP contribution < -0.4 is 0 Å². The monoisotopic (exact) mass is 285 g/mol. The molecule has 2 aliphatic rings. The van der Waals surface area contributed by atoms with Crippen molar-refractivity contribution in [3.8, 4) is 0 Å². The molecule has 1 N–H and O–H groups in total. The van der Waals surface area contributed by atoms with Crippen LogP contribution in [-0.4, -0.2) is 60.4 Å². The van der Waals surface area contributed by atoms with Crippen molar-refractivity contribution in [3.05, 3.63) is 0 Å². The van der Waals surface area contributed by atoms with E-state index in [1.165, 1.54) is 0 Å². The summed E-state index contributed by atoms with van der Waals surface area (Å²) >= 11 is 0. The zero-order valence-corrected chi connectivity index (χ0v) is 12.1. The average molecular weight is 285 g/mol. The third kappa shape index (κ3) is 2.96. The van der Waals surface area contributed by atoms with Gasteiger partial charge in [-0.3, -0.25) is 9.59 Å². The fourth-order valence-corrected chi connectivity index (χ4v) is 3.04. The van der Waals surface area contributed by atoms with Crippen LogP contribution >= 0.6 is 0 Å². The molecule has 0 spiro atoms.